The lowest BCUT2D eigenvalue weighted by Crippen LogP contribution is -2.48. The third kappa shape index (κ3) is 4.14. The Morgan fingerprint density at radius 1 is 1.09 bits per heavy atom. The predicted molar refractivity (Wildman–Crippen MR) is 137 cm³/mol. The molecular formula is C28H38N4O. The summed E-state index contributed by atoms with van der Waals surface area (Å²) in [6.07, 6.45) is 9.42. The Balaban J connectivity index is 1.89. The van der Waals surface area contributed by atoms with E-state index in [9.17, 15) is 4.79 Å². The van der Waals surface area contributed by atoms with Crippen LogP contribution in [0.3, 0.4) is 0 Å². The third-order valence-electron chi connectivity index (χ3n) is 7.40. The van der Waals surface area contributed by atoms with Gasteiger partial charge in [-0.3, -0.25) is 4.90 Å². The highest BCUT2D eigenvalue weighted by atomic mass is 16.2. The second kappa shape index (κ2) is 9.20. The van der Waals surface area contributed by atoms with Crippen molar-refractivity contribution in [3.63, 3.8) is 0 Å². The van der Waals surface area contributed by atoms with Crippen molar-refractivity contribution in [3.05, 3.63) is 59.4 Å². The lowest BCUT2D eigenvalue weighted by Gasteiger charge is -2.38. The number of rotatable bonds is 7. The van der Waals surface area contributed by atoms with Crippen molar-refractivity contribution in [2.45, 2.75) is 84.1 Å². The Morgan fingerprint density at radius 3 is 2.27 bits per heavy atom. The zero-order valence-corrected chi connectivity index (χ0v) is 20.8. The molecule has 1 aliphatic carbocycles. The lowest BCUT2D eigenvalue weighted by molar-refractivity contribution is 0.245. The maximum Gasteiger partial charge on any atom is 0.319 e. The van der Waals surface area contributed by atoms with Gasteiger partial charge >= 0.3 is 6.03 Å². The molecule has 0 radical (unpaired) electrons. The van der Waals surface area contributed by atoms with Gasteiger partial charge < -0.3 is 10.3 Å². The number of fused-ring (bicyclic) bond motifs is 1. The fraction of sp³-hybridized carbons (Fsp3) is 0.500. The summed E-state index contributed by atoms with van der Waals surface area (Å²) in [6, 6.07) is 10.2. The Bertz CT molecular complexity index is 1110. The van der Waals surface area contributed by atoms with Crippen molar-refractivity contribution in [1.29, 1.82) is 0 Å². The highest BCUT2D eigenvalue weighted by Crippen LogP contribution is 2.43. The molecule has 0 saturated heterocycles. The van der Waals surface area contributed by atoms with Crippen LogP contribution in [0.1, 0.15) is 88.8 Å². The number of nitrogens with zero attached hydrogens (tertiary/aromatic N) is 3. The number of aromatic nitrogens is 2. The van der Waals surface area contributed by atoms with Gasteiger partial charge in [0, 0.05) is 17.8 Å². The number of aryl methyl sites for hydroxylation is 1. The van der Waals surface area contributed by atoms with Gasteiger partial charge in [-0.15, -0.1) is 0 Å². The van der Waals surface area contributed by atoms with E-state index in [1.807, 2.05) is 17.2 Å². The molecule has 3 aromatic rings. The van der Waals surface area contributed by atoms with Crippen LogP contribution in [0.2, 0.25) is 0 Å². The molecule has 1 aliphatic rings. The monoisotopic (exact) mass is 446 g/mol. The van der Waals surface area contributed by atoms with E-state index in [0.29, 0.717) is 18.4 Å². The normalized spacial score (nSPS) is 15.6. The summed E-state index contributed by atoms with van der Waals surface area (Å²) in [6.45, 7) is 11.5. The summed E-state index contributed by atoms with van der Waals surface area (Å²) < 4.78 is 2.37. The first-order valence-electron chi connectivity index (χ1n) is 12.4. The van der Waals surface area contributed by atoms with Gasteiger partial charge in [-0.2, -0.15) is 0 Å². The molecule has 0 unspecified atom stereocenters. The predicted octanol–water partition coefficient (Wildman–Crippen LogP) is 6.70. The largest absolute Gasteiger partial charge is 0.351 e. The average molecular weight is 447 g/mol. The summed E-state index contributed by atoms with van der Waals surface area (Å²) in [5.41, 5.74) is 11.6. The van der Waals surface area contributed by atoms with Gasteiger partial charge in [-0.1, -0.05) is 65.7 Å². The Kier molecular flexibility index (Phi) is 6.51. The smallest absolute Gasteiger partial charge is 0.319 e. The Hall–Kier alpha value is -2.82. The van der Waals surface area contributed by atoms with Crippen LogP contribution < -0.4 is 10.6 Å². The molecule has 33 heavy (non-hydrogen) atoms. The topological polar surface area (TPSA) is 64.2 Å². The van der Waals surface area contributed by atoms with Crippen LogP contribution >= 0.6 is 0 Å². The van der Waals surface area contributed by atoms with Crippen LogP contribution in [-0.4, -0.2) is 22.1 Å². The highest BCUT2D eigenvalue weighted by Gasteiger charge is 2.41. The first-order valence-corrected chi connectivity index (χ1v) is 12.4. The fourth-order valence-corrected chi connectivity index (χ4v) is 5.66. The van der Waals surface area contributed by atoms with Crippen molar-refractivity contribution in [1.82, 2.24) is 9.55 Å². The fourth-order valence-electron chi connectivity index (χ4n) is 5.66. The molecular weight excluding hydrogens is 408 g/mol. The number of benzene rings is 1. The molecule has 0 aliphatic heterocycles. The summed E-state index contributed by atoms with van der Waals surface area (Å²) in [7, 11) is 0. The standard InChI is InChI=1S/C28H38N4O/c1-6-21-17-32(26-24(21)13-10-16-30-26)28(14-7-8-15-28)18-31(27(29)33)25-22(19(2)3)11-9-12-23(25)20(4)5/h9-13,16-17,19-20H,6-8,14-15,18H2,1-5H3,(H2,29,33). The van der Waals surface area contributed by atoms with E-state index in [0.717, 1.165) is 43.4 Å². The minimum absolute atomic E-state index is 0.215. The number of carbonyl (C=O) groups excluding carboxylic acids is 1. The van der Waals surface area contributed by atoms with E-state index in [4.69, 9.17) is 10.7 Å². The number of carbonyl (C=O) groups is 1. The molecule has 0 spiro atoms. The molecule has 1 saturated carbocycles. The molecule has 176 valence electrons. The molecule has 0 atom stereocenters. The molecule has 0 bridgehead atoms. The number of hydrogen-bond donors (Lipinski definition) is 1. The minimum Gasteiger partial charge on any atom is -0.351 e. The summed E-state index contributed by atoms with van der Waals surface area (Å²) >= 11 is 0. The Labute approximate surface area is 198 Å². The van der Waals surface area contributed by atoms with Gasteiger partial charge in [0.05, 0.1) is 17.8 Å². The van der Waals surface area contributed by atoms with Crippen LogP contribution in [0.4, 0.5) is 10.5 Å². The number of para-hydroxylation sites is 1. The molecule has 1 fully saturated rings. The molecule has 5 heteroatoms. The third-order valence-corrected chi connectivity index (χ3v) is 7.40. The van der Waals surface area contributed by atoms with Gasteiger partial charge in [-0.25, -0.2) is 9.78 Å². The van der Waals surface area contributed by atoms with Crippen molar-refractivity contribution in [3.8, 4) is 0 Å². The number of nitrogens with two attached hydrogens (primary N) is 1. The van der Waals surface area contributed by atoms with Crippen molar-refractivity contribution < 1.29 is 4.79 Å². The second-order valence-corrected chi connectivity index (χ2v) is 10.2. The number of primary amides is 1. The van der Waals surface area contributed by atoms with E-state index < -0.39 is 0 Å². The molecule has 4 rings (SSSR count). The Morgan fingerprint density at radius 2 is 1.73 bits per heavy atom. The first-order chi connectivity index (χ1) is 15.8. The van der Waals surface area contributed by atoms with E-state index in [-0.39, 0.29) is 11.6 Å². The average Bonchev–Trinajstić information content (AvgIpc) is 3.42. The zero-order valence-electron chi connectivity index (χ0n) is 20.8. The molecule has 5 nitrogen and oxygen atoms in total. The van der Waals surface area contributed by atoms with Crippen molar-refractivity contribution in [2.75, 3.05) is 11.4 Å². The molecule has 2 heterocycles. The quantitative estimate of drug-likeness (QED) is 0.439. The zero-order chi connectivity index (χ0) is 23.8. The van der Waals surface area contributed by atoms with Crippen molar-refractivity contribution in [2.24, 2.45) is 5.73 Å². The maximum atomic E-state index is 13.1. The van der Waals surface area contributed by atoms with E-state index in [2.05, 4.69) is 69.6 Å². The SMILES string of the molecule is CCc1cn(C2(CN(C(N)=O)c3c(C(C)C)cccc3C(C)C)CCCC2)c2ncccc12. The first kappa shape index (κ1) is 23.3. The summed E-state index contributed by atoms with van der Waals surface area (Å²) in [5.74, 6) is 0.585. The molecule has 2 N–H and O–H groups in total. The van der Waals surface area contributed by atoms with E-state index >= 15 is 0 Å². The van der Waals surface area contributed by atoms with Gasteiger partial charge in [0.1, 0.15) is 5.65 Å². The van der Waals surface area contributed by atoms with Gasteiger partial charge in [0.25, 0.3) is 0 Å². The van der Waals surface area contributed by atoms with Crippen molar-refractivity contribution >= 4 is 22.8 Å². The minimum atomic E-state index is -0.378. The number of pyridine rings is 1. The van der Waals surface area contributed by atoms with Crippen LogP contribution in [0.15, 0.2) is 42.7 Å². The molecule has 2 amide bonds. The lowest BCUT2D eigenvalue weighted by atomic mass is 9.90. The van der Waals surface area contributed by atoms with Gasteiger partial charge in [0.15, 0.2) is 0 Å². The van der Waals surface area contributed by atoms with Gasteiger partial charge in [0.2, 0.25) is 0 Å². The van der Waals surface area contributed by atoms with E-state index in [1.165, 1.54) is 22.1 Å². The van der Waals surface area contributed by atoms with Crippen LogP contribution in [0, 0.1) is 0 Å². The van der Waals surface area contributed by atoms with Crippen LogP contribution in [0.5, 0.6) is 0 Å². The summed E-state index contributed by atoms with van der Waals surface area (Å²) in [5, 5.41) is 1.21. The van der Waals surface area contributed by atoms with Crippen LogP contribution in [0.25, 0.3) is 11.0 Å². The number of hydrogen-bond acceptors (Lipinski definition) is 2. The highest BCUT2D eigenvalue weighted by molar-refractivity contribution is 5.93. The number of urea groups is 1. The molecule has 1 aromatic carbocycles. The maximum absolute atomic E-state index is 13.1. The van der Waals surface area contributed by atoms with Crippen LogP contribution in [-0.2, 0) is 12.0 Å². The number of anilines is 1. The molecule has 2 aromatic heterocycles. The summed E-state index contributed by atoms with van der Waals surface area (Å²) in [4.78, 5) is 19.7. The van der Waals surface area contributed by atoms with E-state index in [1.54, 1.807) is 0 Å². The number of amides is 2. The van der Waals surface area contributed by atoms with Gasteiger partial charge in [-0.05, 0) is 59.9 Å². The second-order valence-electron chi connectivity index (χ2n) is 10.2.